The summed E-state index contributed by atoms with van der Waals surface area (Å²) in [6, 6.07) is 0. The van der Waals surface area contributed by atoms with Gasteiger partial charge in [-0.1, -0.05) is 0 Å². The maximum Gasteiger partial charge on any atom is 0.332 e. The molecule has 11 nitrogen and oxygen atoms in total. The van der Waals surface area contributed by atoms with Gasteiger partial charge in [-0.3, -0.25) is 18.8 Å². The van der Waals surface area contributed by atoms with Gasteiger partial charge in [0, 0.05) is 59.9 Å². The zero-order valence-corrected chi connectivity index (χ0v) is 18.0. The molecule has 2 aliphatic heterocycles. The molecule has 0 unspecified atom stereocenters. The number of aryl methyl sites for hydroxylation is 1. The van der Waals surface area contributed by atoms with E-state index in [0.717, 1.165) is 30.7 Å². The number of aromatic nitrogens is 4. The van der Waals surface area contributed by atoms with E-state index in [2.05, 4.69) is 26.7 Å². The molecule has 2 aromatic heterocycles. The number of likely N-dealkylation sites (N-methyl/N-ethyl adjacent to an activating group) is 1. The van der Waals surface area contributed by atoms with Crippen molar-refractivity contribution in [3.8, 4) is 0 Å². The lowest BCUT2D eigenvalue weighted by Crippen LogP contribution is -2.47. The first-order valence-electron chi connectivity index (χ1n) is 10.4. The molecule has 30 heavy (non-hydrogen) atoms. The number of anilines is 1. The predicted molar refractivity (Wildman–Crippen MR) is 113 cm³/mol. The van der Waals surface area contributed by atoms with Gasteiger partial charge in [0.05, 0.1) is 25.9 Å². The van der Waals surface area contributed by atoms with E-state index in [1.54, 1.807) is 11.6 Å². The Morgan fingerprint density at radius 2 is 1.63 bits per heavy atom. The molecular weight excluding hydrogens is 390 g/mol. The van der Waals surface area contributed by atoms with E-state index in [1.165, 1.54) is 11.6 Å². The molecule has 0 aliphatic carbocycles. The highest BCUT2D eigenvalue weighted by atomic mass is 16.5. The molecule has 4 heterocycles. The number of hydrogen-bond acceptors (Lipinski definition) is 8. The van der Waals surface area contributed by atoms with Crippen molar-refractivity contribution in [1.82, 2.24) is 28.5 Å². The van der Waals surface area contributed by atoms with E-state index in [-0.39, 0.29) is 6.54 Å². The lowest BCUT2D eigenvalue weighted by Gasteiger charge is -2.34. The Hall–Kier alpha value is -2.21. The van der Waals surface area contributed by atoms with Crippen LogP contribution < -0.4 is 16.1 Å². The molecule has 2 fully saturated rings. The number of aliphatic hydroxyl groups excluding tert-OH is 1. The Labute approximate surface area is 174 Å². The third-order valence-electron chi connectivity index (χ3n) is 6.08. The van der Waals surface area contributed by atoms with E-state index in [1.807, 2.05) is 0 Å². The monoisotopic (exact) mass is 421 g/mol. The van der Waals surface area contributed by atoms with E-state index < -0.39 is 17.4 Å². The fourth-order valence-corrected chi connectivity index (χ4v) is 4.21. The second-order valence-corrected chi connectivity index (χ2v) is 8.26. The van der Waals surface area contributed by atoms with Crippen molar-refractivity contribution in [2.24, 2.45) is 14.1 Å². The highest BCUT2D eigenvalue weighted by Crippen LogP contribution is 2.21. The van der Waals surface area contributed by atoms with Crippen molar-refractivity contribution in [3.63, 3.8) is 0 Å². The molecule has 0 radical (unpaired) electrons. The van der Waals surface area contributed by atoms with Crippen LogP contribution in [0, 0.1) is 0 Å². The standard InChI is InChI=1S/C19H31N7O4/c1-21-4-6-24(7-5-21)12-14(27)13-26-15-16(22(2)19(29)23(3)17(15)28)20-18(26)25-8-10-30-11-9-25/h14,27H,4-13H2,1-3H3/t14-/m0/s1. The van der Waals surface area contributed by atoms with Gasteiger partial charge in [0.2, 0.25) is 5.95 Å². The third kappa shape index (κ3) is 3.89. The number of morpholine rings is 1. The number of piperazine rings is 1. The van der Waals surface area contributed by atoms with Crippen LogP contribution in [-0.4, -0.2) is 106 Å². The van der Waals surface area contributed by atoms with Gasteiger partial charge in [-0.25, -0.2) is 4.79 Å². The van der Waals surface area contributed by atoms with Crippen molar-refractivity contribution >= 4 is 17.1 Å². The van der Waals surface area contributed by atoms with Crippen molar-refractivity contribution < 1.29 is 9.84 Å². The maximum atomic E-state index is 13.0. The normalized spacial score (nSPS) is 20.2. The summed E-state index contributed by atoms with van der Waals surface area (Å²) in [5.74, 6) is 0.601. The van der Waals surface area contributed by atoms with Crippen molar-refractivity contribution in [2.75, 3.05) is 71.0 Å². The summed E-state index contributed by atoms with van der Waals surface area (Å²) in [6.07, 6.45) is -0.660. The Morgan fingerprint density at radius 1 is 0.967 bits per heavy atom. The molecule has 166 valence electrons. The molecule has 1 N–H and O–H groups in total. The van der Waals surface area contributed by atoms with Crippen LogP contribution >= 0.6 is 0 Å². The fourth-order valence-electron chi connectivity index (χ4n) is 4.21. The average Bonchev–Trinajstić information content (AvgIpc) is 3.12. The summed E-state index contributed by atoms with van der Waals surface area (Å²) in [5.41, 5.74) is -0.120. The van der Waals surface area contributed by atoms with Gasteiger partial charge in [0.15, 0.2) is 11.2 Å². The van der Waals surface area contributed by atoms with Gasteiger partial charge < -0.3 is 24.2 Å². The Morgan fingerprint density at radius 3 is 2.30 bits per heavy atom. The average molecular weight is 422 g/mol. The number of nitrogens with zero attached hydrogens (tertiary/aromatic N) is 7. The topological polar surface area (TPSA) is 101 Å². The van der Waals surface area contributed by atoms with Crippen LogP contribution in [0.1, 0.15) is 0 Å². The predicted octanol–water partition coefficient (Wildman–Crippen LogP) is -2.12. The lowest BCUT2D eigenvalue weighted by molar-refractivity contribution is 0.0715. The molecule has 2 saturated heterocycles. The first-order valence-corrected chi connectivity index (χ1v) is 10.4. The molecule has 2 aromatic rings. The zero-order valence-electron chi connectivity index (χ0n) is 18.0. The Bertz CT molecular complexity index is 1010. The first-order chi connectivity index (χ1) is 14.4. The largest absolute Gasteiger partial charge is 0.390 e. The van der Waals surface area contributed by atoms with Gasteiger partial charge in [0.1, 0.15) is 0 Å². The second kappa shape index (κ2) is 8.50. The minimum absolute atomic E-state index is 0.239. The summed E-state index contributed by atoms with van der Waals surface area (Å²) >= 11 is 0. The smallest absolute Gasteiger partial charge is 0.332 e. The van der Waals surface area contributed by atoms with Crippen molar-refractivity contribution in [3.05, 3.63) is 20.8 Å². The third-order valence-corrected chi connectivity index (χ3v) is 6.08. The lowest BCUT2D eigenvalue weighted by atomic mass is 10.2. The van der Waals surface area contributed by atoms with Crippen LogP contribution in [0.4, 0.5) is 5.95 Å². The summed E-state index contributed by atoms with van der Waals surface area (Å²) in [6.45, 7) is 6.97. The molecule has 1 atom stereocenters. The van der Waals surface area contributed by atoms with E-state index in [9.17, 15) is 14.7 Å². The van der Waals surface area contributed by atoms with E-state index in [0.29, 0.717) is 50.0 Å². The minimum Gasteiger partial charge on any atom is -0.390 e. The fraction of sp³-hybridized carbons (Fsp3) is 0.737. The molecular formula is C19H31N7O4. The number of hydrogen-bond donors (Lipinski definition) is 1. The summed E-state index contributed by atoms with van der Waals surface area (Å²) < 4.78 is 9.72. The van der Waals surface area contributed by atoms with Crippen LogP contribution in [0.15, 0.2) is 9.59 Å². The van der Waals surface area contributed by atoms with Gasteiger partial charge in [0.25, 0.3) is 5.56 Å². The Balaban J connectivity index is 1.70. The van der Waals surface area contributed by atoms with Gasteiger partial charge in [-0.2, -0.15) is 4.98 Å². The van der Waals surface area contributed by atoms with Crippen molar-refractivity contribution in [1.29, 1.82) is 0 Å². The van der Waals surface area contributed by atoms with E-state index >= 15 is 0 Å². The summed E-state index contributed by atoms with van der Waals surface area (Å²) in [5, 5.41) is 10.9. The van der Waals surface area contributed by atoms with Crippen LogP contribution in [-0.2, 0) is 25.4 Å². The van der Waals surface area contributed by atoms with Crippen LogP contribution in [0.5, 0.6) is 0 Å². The molecule has 4 rings (SSSR count). The second-order valence-electron chi connectivity index (χ2n) is 8.26. The zero-order chi connectivity index (χ0) is 21.4. The minimum atomic E-state index is -0.660. The van der Waals surface area contributed by atoms with E-state index in [4.69, 9.17) is 4.74 Å². The van der Waals surface area contributed by atoms with Gasteiger partial charge in [-0.05, 0) is 7.05 Å². The van der Waals surface area contributed by atoms with Gasteiger partial charge >= 0.3 is 5.69 Å². The number of fused-ring (bicyclic) bond motifs is 1. The van der Waals surface area contributed by atoms with Crippen LogP contribution in [0.25, 0.3) is 11.2 Å². The number of ether oxygens (including phenoxy) is 1. The molecule has 0 spiro atoms. The molecule has 0 amide bonds. The SMILES string of the molecule is CN1CCN(C[C@H](O)Cn2c(N3CCOCC3)nc3c2c(=O)n(C)c(=O)n3C)CC1. The number of imidazole rings is 1. The first kappa shape index (κ1) is 21.0. The summed E-state index contributed by atoms with van der Waals surface area (Å²) in [7, 11) is 5.18. The number of aliphatic hydroxyl groups is 1. The molecule has 0 saturated carbocycles. The quantitative estimate of drug-likeness (QED) is 0.585. The highest BCUT2D eigenvalue weighted by Gasteiger charge is 2.26. The molecule has 0 aromatic carbocycles. The highest BCUT2D eigenvalue weighted by molar-refractivity contribution is 5.74. The molecule has 11 heteroatoms. The Kier molecular flexibility index (Phi) is 5.96. The van der Waals surface area contributed by atoms with Crippen LogP contribution in [0.2, 0.25) is 0 Å². The summed E-state index contributed by atoms with van der Waals surface area (Å²) in [4.78, 5) is 36.6. The molecule has 2 aliphatic rings. The maximum absolute atomic E-state index is 13.0. The number of β-amino-alcohol motifs (C(OH)–C–C–N with tert-alkyl or cyclic N) is 1. The van der Waals surface area contributed by atoms with Crippen molar-refractivity contribution in [2.45, 2.75) is 12.6 Å². The number of rotatable bonds is 5. The molecule has 0 bridgehead atoms. The van der Waals surface area contributed by atoms with Crippen LogP contribution in [0.3, 0.4) is 0 Å². The van der Waals surface area contributed by atoms with Gasteiger partial charge in [-0.15, -0.1) is 0 Å².